The summed E-state index contributed by atoms with van der Waals surface area (Å²) in [5.74, 6) is -2.06. The van der Waals surface area contributed by atoms with Crippen molar-refractivity contribution < 1.29 is 19.8 Å². The van der Waals surface area contributed by atoms with Gasteiger partial charge in [-0.3, -0.25) is 4.79 Å². The summed E-state index contributed by atoms with van der Waals surface area (Å²) < 4.78 is 0. The molecular weight excluding hydrogens is 264 g/mol. The van der Waals surface area contributed by atoms with E-state index in [0.29, 0.717) is 10.9 Å². The van der Waals surface area contributed by atoms with E-state index in [-0.39, 0.29) is 12.0 Å². The molecule has 1 aliphatic carbocycles. The Morgan fingerprint density at radius 1 is 1.47 bits per heavy atom. The van der Waals surface area contributed by atoms with Crippen molar-refractivity contribution in [2.45, 2.75) is 13.3 Å². The predicted octanol–water partition coefficient (Wildman–Crippen LogP) is 1.81. The lowest BCUT2D eigenvalue weighted by atomic mass is 9.74. The Bertz CT molecular complexity index is 370. The van der Waals surface area contributed by atoms with Gasteiger partial charge in [0, 0.05) is 10.9 Å². The highest BCUT2D eigenvalue weighted by Gasteiger charge is 2.40. The van der Waals surface area contributed by atoms with Crippen LogP contribution in [0.4, 0.5) is 0 Å². The predicted molar refractivity (Wildman–Crippen MR) is 58.0 cm³/mol. The van der Waals surface area contributed by atoms with Crippen LogP contribution >= 0.6 is 15.9 Å². The van der Waals surface area contributed by atoms with E-state index in [2.05, 4.69) is 15.9 Å². The first-order chi connectivity index (χ1) is 6.91. The fourth-order valence-electron chi connectivity index (χ4n) is 1.49. The van der Waals surface area contributed by atoms with Gasteiger partial charge >= 0.3 is 11.9 Å². The maximum absolute atomic E-state index is 11.1. The van der Waals surface area contributed by atoms with Crippen LogP contribution in [-0.4, -0.2) is 27.5 Å². The molecule has 0 saturated heterocycles. The van der Waals surface area contributed by atoms with Gasteiger partial charge in [-0.2, -0.15) is 0 Å². The second-order valence-electron chi connectivity index (χ2n) is 3.64. The number of aliphatic carboxylic acids is 2. The van der Waals surface area contributed by atoms with E-state index >= 15 is 0 Å². The molecule has 0 spiro atoms. The highest BCUT2D eigenvalue weighted by Crippen LogP contribution is 2.38. The summed E-state index contributed by atoms with van der Waals surface area (Å²) in [6.07, 6.45) is 3.05. The van der Waals surface area contributed by atoms with Crippen LogP contribution in [0.15, 0.2) is 23.3 Å². The molecule has 0 radical (unpaired) electrons. The van der Waals surface area contributed by atoms with Crippen molar-refractivity contribution in [2.24, 2.45) is 5.41 Å². The monoisotopic (exact) mass is 274 g/mol. The number of rotatable bonds is 3. The van der Waals surface area contributed by atoms with Crippen LogP contribution in [0.5, 0.6) is 0 Å². The lowest BCUT2D eigenvalue weighted by Crippen LogP contribution is -2.33. The molecule has 0 aromatic rings. The van der Waals surface area contributed by atoms with Gasteiger partial charge in [0.25, 0.3) is 0 Å². The van der Waals surface area contributed by atoms with Gasteiger partial charge < -0.3 is 10.2 Å². The molecule has 15 heavy (non-hydrogen) atoms. The molecule has 0 saturated carbocycles. The van der Waals surface area contributed by atoms with Crippen LogP contribution < -0.4 is 0 Å². The summed E-state index contributed by atoms with van der Waals surface area (Å²) in [6.45, 7) is 1.54. The molecule has 1 unspecified atom stereocenters. The van der Waals surface area contributed by atoms with Crippen LogP contribution in [-0.2, 0) is 9.59 Å². The van der Waals surface area contributed by atoms with Gasteiger partial charge in [0.05, 0.1) is 5.41 Å². The van der Waals surface area contributed by atoms with E-state index in [1.807, 2.05) is 0 Å². The third-order valence-corrected chi connectivity index (χ3v) is 3.23. The molecule has 2 N–H and O–H groups in total. The van der Waals surface area contributed by atoms with Gasteiger partial charge in [-0.25, -0.2) is 4.79 Å². The molecule has 0 amide bonds. The maximum Gasteiger partial charge on any atom is 0.331 e. The van der Waals surface area contributed by atoms with E-state index in [0.717, 1.165) is 0 Å². The summed E-state index contributed by atoms with van der Waals surface area (Å²) >= 11 is 3.20. The molecule has 0 aromatic carbocycles. The highest BCUT2D eigenvalue weighted by atomic mass is 79.9. The Kier molecular flexibility index (Phi) is 3.34. The molecule has 0 fully saturated rings. The standard InChI is InChI=1S/C10H11BrO4/c1-10(9(14)15)4-6(8(12)13)2-3-7(10)5-11/h2-3H,4-5H2,1H3,(H,12,13)(H,14,15). The number of carboxylic acid groups (broad SMARTS) is 2. The minimum absolute atomic E-state index is 0.0229. The topological polar surface area (TPSA) is 74.6 Å². The molecule has 0 aromatic heterocycles. The first kappa shape index (κ1) is 12.0. The normalized spacial score (nSPS) is 25.5. The fourth-order valence-corrected chi connectivity index (χ4v) is 2.30. The molecule has 5 heteroatoms. The van der Waals surface area contributed by atoms with Crippen molar-refractivity contribution in [3.8, 4) is 0 Å². The smallest absolute Gasteiger partial charge is 0.331 e. The van der Waals surface area contributed by atoms with Crippen molar-refractivity contribution in [2.75, 3.05) is 5.33 Å². The largest absolute Gasteiger partial charge is 0.481 e. The Balaban J connectivity index is 3.14. The van der Waals surface area contributed by atoms with Crippen LogP contribution in [0.1, 0.15) is 13.3 Å². The number of carboxylic acids is 2. The summed E-state index contributed by atoms with van der Waals surface area (Å²) in [5, 5.41) is 18.4. The van der Waals surface area contributed by atoms with E-state index in [1.54, 1.807) is 13.0 Å². The molecule has 1 rings (SSSR count). The van der Waals surface area contributed by atoms with Crippen LogP contribution in [0.3, 0.4) is 0 Å². The Labute approximate surface area is 95.4 Å². The molecule has 1 atom stereocenters. The zero-order valence-corrected chi connectivity index (χ0v) is 9.74. The zero-order valence-electron chi connectivity index (χ0n) is 8.16. The number of allylic oxidation sites excluding steroid dienone is 2. The molecule has 1 aliphatic rings. The number of hydrogen-bond acceptors (Lipinski definition) is 2. The third-order valence-electron chi connectivity index (χ3n) is 2.63. The van der Waals surface area contributed by atoms with Crippen molar-refractivity contribution >= 4 is 27.9 Å². The number of hydrogen-bond donors (Lipinski definition) is 2. The number of halogens is 1. The second kappa shape index (κ2) is 4.18. The first-order valence-corrected chi connectivity index (χ1v) is 5.47. The minimum Gasteiger partial charge on any atom is -0.481 e. The summed E-state index contributed by atoms with van der Waals surface area (Å²) in [4.78, 5) is 21.9. The second-order valence-corrected chi connectivity index (χ2v) is 4.20. The van der Waals surface area contributed by atoms with E-state index in [9.17, 15) is 9.59 Å². The fraction of sp³-hybridized carbons (Fsp3) is 0.400. The van der Waals surface area contributed by atoms with Crippen LogP contribution in [0, 0.1) is 5.41 Å². The molecule has 0 aliphatic heterocycles. The quantitative estimate of drug-likeness (QED) is 0.770. The molecule has 0 bridgehead atoms. The lowest BCUT2D eigenvalue weighted by Gasteiger charge is -2.29. The van der Waals surface area contributed by atoms with Crippen LogP contribution in [0.2, 0.25) is 0 Å². The van der Waals surface area contributed by atoms with Crippen molar-refractivity contribution in [3.05, 3.63) is 23.3 Å². The average Bonchev–Trinajstić information content (AvgIpc) is 2.17. The molecular formula is C10H11BrO4. The van der Waals surface area contributed by atoms with Gasteiger partial charge in [0.15, 0.2) is 0 Å². The van der Waals surface area contributed by atoms with Gasteiger partial charge in [-0.15, -0.1) is 0 Å². The third kappa shape index (κ3) is 2.12. The maximum atomic E-state index is 11.1. The van der Waals surface area contributed by atoms with Gasteiger partial charge in [-0.05, 0) is 18.9 Å². The van der Waals surface area contributed by atoms with Crippen LogP contribution in [0.25, 0.3) is 0 Å². The van der Waals surface area contributed by atoms with Gasteiger partial charge in [0.2, 0.25) is 0 Å². The van der Waals surface area contributed by atoms with Gasteiger partial charge in [0.1, 0.15) is 0 Å². The average molecular weight is 275 g/mol. The highest BCUT2D eigenvalue weighted by molar-refractivity contribution is 9.09. The zero-order chi connectivity index (χ0) is 11.6. The van der Waals surface area contributed by atoms with Crippen molar-refractivity contribution in [1.82, 2.24) is 0 Å². The van der Waals surface area contributed by atoms with E-state index in [1.165, 1.54) is 6.08 Å². The SMILES string of the molecule is CC1(C(=O)O)CC(C(=O)O)=CC=C1CBr. The Morgan fingerprint density at radius 3 is 2.47 bits per heavy atom. The van der Waals surface area contributed by atoms with Crippen molar-refractivity contribution in [3.63, 3.8) is 0 Å². The number of alkyl halides is 1. The molecule has 0 heterocycles. The number of carbonyl (C=O) groups is 2. The molecule has 4 nitrogen and oxygen atoms in total. The summed E-state index contributed by atoms with van der Waals surface area (Å²) in [5.41, 5.74) is -0.309. The summed E-state index contributed by atoms with van der Waals surface area (Å²) in [7, 11) is 0. The lowest BCUT2D eigenvalue weighted by molar-refractivity contribution is -0.145. The minimum atomic E-state index is -1.12. The van der Waals surface area contributed by atoms with Crippen molar-refractivity contribution in [1.29, 1.82) is 0 Å². The Morgan fingerprint density at radius 2 is 2.07 bits per heavy atom. The summed E-state index contributed by atoms with van der Waals surface area (Å²) in [6, 6.07) is 0. The Hall–Kier alpha value is -1.10. The van der Waals surface area contributed by atoms with Gasteiger partial charge in [-0.1, -0.05) is 28.1 Å². The van der Waals surface area contributed by atoms with E-state index < -0.39 is 17.4 Å². The molecule has 82 valence electrons. The first-order valence-electron chi connectivity index (χ1n) is 4.34. The van der Waals surface area contributed by atoms with E-state index in [4.69, 9.17) is 10.2 Å².